The minimum Gasteiger partial charge on any atom is -0.455 e. The highest BCUT2D eigenvalue weighted by Gasteiger charge is 2.38. The highest BCUT2D eigenvalue weighted by molar-refractivity contribution is 7.98. The minimum absolute atomic E-state index is 0.259. The Morgan fingerprint density at radius 3 is 2.55 bits per heavy atom. The fraction of sp³-hybridized carbons (Fsp3) is 0.103. The van der Waals surface area contributed by atoms with E-state index in [1.807, 2.05) is 79.9 Å². The van der Waals surface area contributed by atoms with E-state index in [1.165, 1.54) is 11.8 Å². The molecule has 0 N–H and O–H groups in total. The fourth-order valence-corrected chi connectivity index (χ4v) is 4.79. The third-order valence-corrected chi connectivity index (χ3v) is 7.21. The van der Waals surface area contributed by atoms with Crippen molar-refractivity contribution in [2.75, 3.05) is 11.2 Å². The lowest BCUT2D eigenvalue weighted by molar-refractivity contribution is 0.0886. The van der Waals surface area contributed by atoms with E-state index in [2.05, 4.69) is 15.2 Å². The molecule has 0 unspecified atom stereocenters. The Labute approximate surface area is 228 Å². The molecule has 1 amide bonds. The Balaban J connectivity index is 1.54. The fourth-order valence-electron chi connectivity index (χ4n) is 4.31. The van der Waals surface area contributed by atoms with Crippen molar-refractivity contribution >= 4 is 35.0 Å². The number of fused-ring (bicyclic) bond motifs is 3. The van der Waals surface area contributed by atoms with Gasteiger partial charge < -0.3 is 9.15 Å². The predicted molar refractivity (Wildman–Crippen MR) is 148 cm³/mol. The van der Waals surface area contributed by atoms with Crippen molar-refractivity contribution in [1.29, 1.82) is 0 Å². The maximum absolute atomic E-state index is 14.1. The number of carbonyl (C=O) groups is 1. The first-order valence-corrected chi connectivity index (χ1v) is 13.4. The zero-order valence-corrected chi connectivity index (χ0v) is 22.0. The Kier molecular flexibility index (Phi) is 6.35. The van der Waals surface area contributed by atoms with Gasteiger partial charge >= 0.3 is 0 Å². The number of rotatable bonds is 4. The summed E-state index contributed by atoms with van der Waals surface area (Å²) in [4.78, 5) is 20.2. The molecule has 6 rings (SSSR count). The number of para-hydroxylation sites is 1. The van der Waals surface area contributed by atoms with E-state index in [0.717, 1.165) is 11.1 Å². The van der Waals surface area contributed by atoms with Crippen molar-refractivity contribution in [3.8, 4) is 28.5 Å². The molecule has 1 aliphatic heterocycles. The topological polar surface area (TPSA) is 81.3 Å². The molecule has 0 bridgehead atoms. The van der Waals surface area contributed by atoms with Crippen molar-refractivity contribution in [2.24, 2.45) is 0 Å². The molecule has 0 fully saturated rings. The van der Waals surface area contributed by atoms with Gasteiger partial charge in [-0.05, 0) is 55.1 Å². The molecule has 0 spiro atoms. The van der Waals surface area contributed by atoms with Gasteiger partial charge in [0.1, 0.15) is 5.76 Å². The van der Waals surface area contributed by atoms with Crippen LogP contribution in [-0.2, 0) is 0 Å². The summed E-state index contributed by atoms with van der Waals surface area (Å²) >= 11 is 7.73. The number of furan rings is 1. The van der Waals surface area contributed by atoms with E-state index < -0.39 is 6.23 Å². The van der Waals surface area contributed by atoms with Crippen molar-refractivity contribution in [3.05, 3.63) is 107 Å². The van der Waals surface area contributed by atoms with Gasteiger partial charge in [0.25, 0.3) is 5.91 Å². The molecule has 0 saturated heterocycles. The van der Waals surface area contributed by atoms with E-state index in [-0.39, 0.29) is 11.8 Å². The molecule has 5 aromatic rings. The summed E-state index contributed by atoms with van der Waals surface area (Å²) in [6.45, 7) is 1.94. The van der Waals surface area contributed by atoms with Crippen molar-refractivity contribution < 1.29 is 13.9 Å². The Bertz CT molecular complexity index is 1660. The Morgan fingerprint density at radius 1 is 0.974 bits per heavy atom. The second-order valence-corrected chi connectivity index (χ2v) is 9.83. The number of halogens is 1. The first-order valence-electron chi connectivity index (χ1n) is 11.8. The van der Waals surface area contributed by atoms with Gasteiger partial charge in [-0.2, -0.15) is 4.98 Å². The van der Waals surface area contributed by atoms with Crippen LogP contribution in [0.1, 0.15) is 27.9 Å². The molecule has 0 aliphatic carbocycles. The van der Waals surface area contributed by atoms with Crippen LogP contribution in [0.5, 0.6) is 5.88 Å². The zero-order valence-electron chi connectivity index (χ0n) is 20.5. The normalized spacial score (nSPS) is 14.3. The smallest absolute Gasteiger partial charge is 0.261 e. The zero-order chi connectivity index (χ0) is 26.2. The largest absolute Gasteiger partial charge is 0.455 e. The molecule has 0 saturated carbocycles. The maximum atomic E-state index is 14.1. The van der Waals surface area contributed by atoms with Crippen molar-refractivity contribution in [1.82, 2.24) is 15.2 Å². The van der Waals surface area contributed by atoms with E-state index in [4.69, 9.17) is 20.8 Å². The van der Waals surface area contributed by atoms with Gasteiger partial charge in [-0.3, -0.25) is 9.69 Å². The molecule has 0 radical (unpaired) electrons. The summed E-state index contributed by atoms with van der Waals surface area (Å²) in [5, 5.41) is 9.73. The molecule has 1 atom stereocenters. The van der Waals surface area contributed by atoms with Crippen molar-refractivity contribution in [3.63, 3.8) is 0 Å². The van der Waals surface area contributed by atoms with Crippen LogP contribution >= 0.6 is 23.4 Å². The van der Waals surface area contributed by atoms with Crippen LogP contribution in [0.15, 0.2) is 94.5 Å². The van der Waals surface area contributed by atoms with Crippen LogP contribution in [0.2, 0.25) is 5.02 Å². The van der Waals surface area contributed by atoms with Gasteiger partial charge in [0, 0.05) is 21.7 Å². The van der Waals surface area contributed by atoms with E-state index in [9.17, 15) is 4.79 Å². The second-order valence-electron chi connectivity index (χ2n) is 8.65. The van der Waals surface area contributed by atoms with Gasteiger partial charge in [0.2, 0.25) is 17.3 Å². The summed E-state index contributed by atoms with van der Waals surface area (Å²) in [7, 11) is 0. The third-order valence-electron chi connectivity index (χ3n) is 6.26. The van der Waals surface area contributed by atoms with Gasteiger partial charge in [0.05, 0.1) is 5.69 Å². The number of amides is 1. The van der Waals surface area contributed by atoms with E-state index >= 15 is 0 Å². The van der Waals surface area contributed by atoms with E-state index in [0.29, 0.717) is 44.2 Å². The number of nitrogens with zero attached hydrogens (tertiary/aromatic N) is 4. The molecule has 188 valence electrons. The van der Waals surface area contributed by atoms with Crippen LogP contribution in [0.3, 0.4) is 0 Å². The molecule has 2 aromatic heterocycles. The highest BCUT2D eigenvalue weighted by atomic mass is 35.5. The van der Waals surface area contributed by atoms with Gasteiger partial charge in [-0.25, -0.2) is 0 Å². The number of benzene rings is 3. The summed E-state index contributed by atoms with van der Waals surface area (Å²) in [6.07, 6.45) is 0.897. The lowest BCUT2D eigenvalue weighted by atomic mass is 10.1. The van der Waals surface area contributed by atoms with Crippen LogP contribution in [0, 0.1) is 6.92 Å². The molecular formula is C29H21ClN4O3S. The molecule has 3 aromatic carbocycles. The molecule has 9 heteroatoms. The number of aryl methyl sites for hydroxylation is 1. The average Bonchev–Trinajstić information content (AvgIpc) is 3.39. The molecular weight excluding hydrogens is 520 g/mol. The number of thioether (sulfide) groups is 1. The minimum atomic E-state index is -0.966. The van der Waals surface area contributed by atoms with Crippen LogP contribution in [0.25, 0.3) is 22.6 Å². The number of hydrogen-bond acceptors (Lipinski definition) is 7. The Morgan fingerprint density at radius 2 is 1.76 bits per heavy atom. The molecule has 38 heavy (non-hydrogen) atoms. The number of anilines is 1. The highest BCUT2D eigenvalue weighted by Crippen LogP contribution is 2.44. The average molecular weight is 541 g/mol. The molecule has 7 nitrogen and oxygen atoms in total. The van der Waals surface area contributed by atoms with Crippen LogP contribution < -0.4 is 9.64 Å². The lowest BCUT2D eigenvalue weighted by Crippen LogP contribution is -2.37. The quantitative estimate of drug-likeness (QED) is 0.222. The SMILES string of the molecule is CSc1nnc2c(n1)O[C@@H](c1ccc(-c3ccc(C)c(Cl)c3)o1)N(C(=O)c1ccccc1)c1ccccc1-2. The third kappa shape index (κ3) is 4.31. The summed E-state index contributed by atoms with van der Waals surface area (Å²) in [5.74, 6) is 1.03. The van der Waals surface area contributed by atoms with E-state index in [1.54, 1.807) is 23.1 Å². The number of hydrogen-bond donors (Lipinski definition) is 0. The number of aromatic nitrogens is 3. The lowest BCUT2D eigenvalue weighted by Gasteiger charge is -2.29. The molecule has 1 aliphatic rings. The molecule has 3 heterocycles. The standard InChI is InChI=1S/C29H21ClN4O3S/c1-17-12-13-19(16-21(17)30)23-14-15-24(36-23)28-34(27(35)18-8-4-3-5-9-18)22-11-7-6-10-20(22)25-26(37-28)31-29(38-2)33-32-25/h3-16,28H,1-2H3/t28-/m0/s1. The summed E-state index contributed by atoms with van der Waals surface area (Å²) < 4.78 is 12.8. The van der Waals surface area contributed by atoms with Crippen molar-refractivity contribution in [2.45, 2.75) is 18.3 Å². The van der Waals surface area contributed by atoms with Crippen LogP contribution in [0.4, 0.5) is 5.69 Å². The Hall–Kier alpha value is -4.14. The number of carbonyl (C=O) groups excluding carboxylic acids is 1. The van der Waals surface area contributed by atoms with Crippen LogP contribution in [-0.4, -0.2) is 27.3 Å². The monoisotopic (exact) mass is 540 g/mol. The second kappa shape index (κ2) is 9.96. The first kappa shape index (κ1) is 24.2. The maximum Gasteiger partial charge on any atom is 0.261 e. The summed E-state index contributed by atoms with van der Waals surface area (Å²) in [5.41, 5.74) is 4.02. The first-order chi connectivity index (χ1) is 18.5. The van der Waals surface area contributed by atoms with Gasteiger partial charge in [-0.15, -0.1) is 10.2 Å². The predicted octanol–water partition coefficient (Wildman–Crippen LogP) is 7.22. The van der Waals surface area contributed by atoms with Gasteiger partial charge in [0.15, 0.2) is 11.5 Å². The summed E-state index contributed by atoms with van der Waals surface area (Å²) in [6, 6.07) is 25.9. The van der Waals surface area contributed by atoms with Gasteiger partial charge in [-0.1, -0.05) is 71.9 Å². The number of ether oxygens (including phenoxy) is 1.